The number of benzene rings is 3. The lowest BCUT2D eigenvalue weighted by Crippen LogP contribution is -2.38. The molecule has 2 amide bonds. The summed E-state index contributed by atoms with van der Waals surface area (Å²) < 4.78 is 0. The van der Waals surface area contributed by atoms with Gasteiger partial charge in [-0.3, -0.25) is 14.8 Å². The van der Waals surface area contributed by atoms with Crippen LogP contribution in [0.3, 0.4) is 0 Å². The third-order valence-electron chi connectivity index (χ3n) is 6.29. The van der Waals surface area contributed by atoms with Crippen molar-refractivity contribution in [3.05, 3.63) is 129 Å². The molecule has 1 heterocycles. The molecule has 3 aromatic rings. The number of hydrogen-bond acceptors (Lipinski definition) is 6. The minimum Gasteiger partial charge on any atom is -0.733 e. The lowest BCUT2D eigenvalue weighted by molar-refractivity contribution is -0.118. The summed E-state index contributed by atoms with van der Waals surface area (Å²) in [6.07, 6.45) is 0. The zero-order valence-corrected chi connectivity index (χ0v) is 20.7. The molecule has 8 nitrogen and oxygen atoms in total. The van der Waals surface area contributed by atoms with Gasteiger partial charge in [-0.2, -0.15) is 0 Å². The number of rotatable bonds is 8. The van der Waals surface area contributed by atoms with Crippen LogP contribution in [-0.2, 0) is 22.7 Å². The number of dihydropyridines is 1. The van der Waals surface area contributed by atoms with Gasteiger partial charge in [0.25, 0.3) is 0 Å². The Morgan fingerprint density at radius 3 is 1.62 bits per heavy atom. The molecule has 0 fully saturated rings. The fourth-order valence-electron chi connectivity index (χ4n) is 4.47. The van der Waals surface area contributed by atoms with E-state index in [1.54, 1.807) is 26.0 Å². The molecule has 0 spiro atoms. The van der Waals surface area contributed by atoms with E-state index in [2.05, 4.69) is 16.0 Å². The van der Waals surface area contributed by atoms with Crippen molar-refractivity contribution >= 4 is 17.5 Å². The van der Waals surface area contributed by atoms with Gasteiger partial charge < -0.3 is 26.4 Å². The fourth-order valence-corrected chi connectivity index (χ4v) is 4.47. The average Bonchev–Trinajstić information content (AvgIpc) is 2.91. The SMILES string of the molecule is CC1=C(C(=O)NCc2ccccc2)C(c2ccc(N([O-])O)cc2)C(C(=O)NCc2ccccc2)=C(C)N1. The maximum Gasteiger partial charge on any atom is 0.250 e. The molecule has 0 radical (unpaired) electrons. The summed E-state index contributed by atoms with van der Waals surface area (Å²) in [5, 5.41) is 29.5. The molecule has 0 saturated carbocycles. The van der Waals surface area contributed by atoms with Gasteiger partial charge in [-0.25, -0.2) is 0 Å². The maximum atomic E-state index is 13.5. The molecule has 0 aliphatic carbocycles. The van der Waals surface area contributed by atoms with Gasteiger partial charge in [-0.15, -0.1) is 0 Å². The Morgan fingerprint density at radius 2 is 1.22 bits per heavy atom. The Bertz CT molecular complexity index is 1240. The van der Waals surface area contributed by atoms with E-state index in [9.17, 15) is 20.0 Å². The lowest BCUT2D eigenvalue weighted by Gasteiger charge is -2.32. The van der Waals surface area contributed by atoms with E-state index >= 15 is 0 Å². The number of carbonyl (C=O) groups is 2. The van der Waals surface area contributed by atoms with Crippen LogP contribution in [-0.4, -0.2) is 17.0 Å². The molecule has 190 valence electrons. The minimum absolute atomic E-state index is 0.0456. The van der Waals surface area contributed by atoms with Crippen LogP contribution in [0.5, 0.6) is 0 Å². The van der Waals surface area contributed by atoms with Crippen molar-refractivity contribution in [1.29, 1.82) is 0 Å². The highest BCUT2D eigenvalue weighted by Crippen LogP contribution is 2.39. The van der Waals surface area contributed by atoms with E-state index in [0.717, 1.165) is 11.1 Å². The number of allylic oxidation sites excluding steroid dienone is 2. The van der Waals surface area contributed by atoms with Crippen molar-refractivity contribution < 1.29 is 14.8 Å². The summed E-state index contributed by atoms with van der Waals surface area (Å²) in [4.78, 5) is 27.1. The van der Waals surface area contributed by atoms with Crippen molar-refractivity contribution in [2.45, 2.75) is 32.9 Å². The first-order valence-electron chi connectivity index (χ1n) is 11.9. The zero-order chi connectivity index (χ0) is 26.4. The van der Waals surface area contributed by atoms with Gasteiger partial charge >= 0.3 is 0 Å². The number of anilines is 1. The van der Waals surface area contributed by atoms with E-state index in [1.165, 1.54) is 12.1 Å². The van der Waals surface area contributed by atoms with E-state index in [4.69, 9.17) is 0 Å². The minimum atomic E-state index is -0.694. The van der Waals surface area contributed by atoms with Gasteiger partial charge in [0.05, 0.1) is 5.69 Å². The highest BCUT2D eigenvalue weighted by Gasteiger charge is 2.36. The fraction of sp³-hybridized carbons (Fsp3) is 0.172. The Hall–Kier alpha value is -4.40. The monoisotopic (exact) mass is 497 g/mol. The Labute approximate surface area is 215 Å². The Kier molecular flexibility index (Phi) is 8.02. The normalized spacial score (nSPS) is 13.7. The largest absolute Gasteiger partial charge is 0.733 e. The molecule has 0 atom stereocenters. The Morgan fingerprint density at radius 1 is 0.784 bits per heavy atom. The summed E-state index contributed by atoms with van der Waals surface area (Å²) >= 11 is 0. The molecular weight excluding hydrogens is 468 g/mol. The standard InChI is InChI=1S/C29H29N4O4/c1-19-25(28(34)30-17-21-9-5-3-6-10-21)27(23-13-15-24(16-14-23)33(36)37)26(20(2)32-19)29(35)31-18-22-11-7-4-8-12-22/h3-16,27,32,36H,17-18H2,1-2H3,(H,30,34)(H,31,35)/q-1. The first kappa shape index (κ1) is 25.7. The molecule has 4 N–H and O–H groups in total. The maximum absolute atomic E-state index is 13.5. The molecule has 4 rings (SSSR count). The molecule has 8 heteroatoms. The van der Waals surface area contributed by atoms with Crippen molar-refractivity contribution in [3.63, 3.8) is 0 Å². The molecule has 0 saturated heterocycles. The van der Waals surface area contributed by atoms with Gasteiger partial charge in [0.15, 0.2) is 0 Å². The summed E-state index contributed by atoms with van der Waals surface area (Å²) in [6, 6.07) is 25.3. The highest BCUT2D eigenvalue weighted by atomic mass is 16.8. The molecule has 3 aromatic carbocycles. The second-order valence-electron chi connectivity index (χ2n) is 8.84. The van der Waals surface area contributed by atoms with Crippen molar-refractivity contribution in [3.8, 4) is 0 Å². The number of hydrogen-bond donors (Lipinski definition) is 4. The predicted octanol–water partition coefficient (Wildman–Crippen LogP) is 4.25. The van der Waals surface area contributed by atoms with E-state index < -0.39 is 5.92 Å². The van der Waals surface area contributed by atoms with Gasteiger partial charge in [-0.1, -0.05) is 72.8 Å². The van der Waals surface area contributed by atoms with Crippen LogP contribution < -0.4 is 21.2 Å². The highest BCUT2D eigenvalue weighted by molar-refractivity contribution is 6.03. The lowest BCUT2D eigenvalue weighted by atomic mass is 9.79. The van der Waals surface area contributed by atoms with Crippen LogP contribution in [0.1, 0.15) is 36.5 Å². The molecule has 0 aromatic heterocycles. The van der Waals surface area contributed by atoms with Gasteiger partial charge in [-0.05, 0) is 42.7 Å². The molecule has 37 heavy (non-hydrogen) atoms. The van der Waals surface area contributed by atoms with Crippen molar-refractivity contribution in [1.82, 2.24) is 16.0 Å². The molecule has 0 bridgehead atoms. The first-order valence-corrected chi connectivity index (χ1v) is 11.9. The van der Waals surface area contributed by atoms with Crippen molar-refractivity contribution in [2.75, 3.05) is 5.23 Å². The van der Waals surface area contributed by atoms with Gasteiger partial charge in [0.2, 0.25) is 11.8 Å². The van der Waals surface area contributed by atoms with E-state index in [0.29, 0.717) is 41.2 Å². The molecular formula is C29H29N4O4-. The smallest absolute Gasteiger partial charge is 0.250 e. The van der Waals surface area contributed by atoms with Crippen molar-refractivity contribution in [2.24, 2.45) is 0 Å². The van der Waals surface area contributed by atoms with E-state index in [1.807, 2.05) is 60.7 Å². The number of nitrogens with zero attached hydrogens (tertiary/aromatic N) is 1. The second kappa shape index (κ2) is 11.6. The summed E-state index contributed by atoms with van der Waals surface area (Å²) in [6.45, 7) is 4.26. The third-order valence-corrected chi connectivity index (χ3v) is 6.29. The van der Waals surface area contributed by atoms with Gasteiger partial charge in [0, 0.05) is 41.5 Å². The summed E-state index contributed by atoms with van der Waals surface area (Å²) in [7, 11) is 0. The van der Waals surface area contributed by atoms with Crippen LogP contribution in [0, 0.1) is 5.21 Å². The topological polar surface area (TPSA) is 117 Å². The predicted molar refractivity (Wildman–Crippen MR) is 142 cm³/mol. The van der Waals surface area contributed by atoms with Gasteiger partial charge in [0.1, 0.15) is 0 Å². The quantitative estimate of drug-likeness (QED) is 0.346. The average molecular weight is 498 g/mol. The van der Waals surface area contributed by atoms with Crippen LogP contribution in [0.15, 0.2) is 107 Å². The third kappa shape index (κ3) is 6.06. The molecule has 1 aliphatic heterocycles. The number of nitrogens with one attached hydrogen (secondary N) is 3. The molecule has 0 unspecified atom stereocenters. The summed E-state index contributed by atoms with van der Waals surface area (Å²) in [5.74, 6) is -1.31. The van der Waals surface area contributed by atoms with E-state index in [-0.39, 0.29) is 22.7 Å². The second-order valence-corrected chi connectivity index (χ2v) is 8.84. The summed E-state index contributed by atoms with van der Waals surface area (Å²) in [5.41, 5.74) is 4.65. The van der Waals surface area contributed by atoms with Crippen LogP contribution in [0.4, 0.5) is 5.69 Å². The van der Waals surface area contributed by atoms with Crippen LogP contribution in [0.25, 0.3) is 0 Å². The zero-order valence-electron chi connectivity index (χ0n) is 20.7. The van der Waals surface area contributed by atoms with Crippen LogP contribution in [0.2, 0.25) is 0 Å². The first-order chi connectivity index (χ1) is 17.8. The Balaban J connectivity index is 1.67. The number of amides is 2. The number of carbonyl (C=O) groups excluding carboxylic acids is 2. The van der Waals surface area contributed by atoms with Crippen LogP contribution >= 0.6 is 0 Å². The molecule has 1 aliphatic rings.